The first-order valence-corrected chi connectivity index (χ1v) is 11.2. The second-order valence-electron chi connectivity index (χ2n) is 7.02. The van der Waals surface area contributed by atoms with Gasteiger partial charge in [-0.2, -0.15) is 0 Å². The minimum Gasteiger partial charge on any atom is -0.504 e. The smallest absolute Gasteiger partial charge is 0.175 e. The largest absolute Gasteiger partial charge is 0.504 e. The number of aliphatic imine (C=N–C) groups is 1. The molecule has 1 aliphatic carbocycles. The van der Waals surface area contributed by atoms with E-state index in [1.807, 2.05) is 18.2 Å². The molecule has 1 aliphatic rings. The predicted molar refractivity (Wildman–Crippen MR) is 118 cm³/mol. The Morgan fingerprint density at radius 2 is 1.35 bits per heavy atom. The summed E-state index contributed by atoms with van der Waals surface area (Å²) in [5.74, 6) is 1.38. The number of phenols is 1. The van der Waals surface area contributed by atoms with E-state index >= 15 is 0 Å². The van der Waals surface area contributed by atoms with E-state index in [9.17, 15) is 13.5 Å². The summed E-state index contributed by atoms with van der Waals surface area (Å²) in [7, 11) is 1.28. The van der Waals surface area contributed by atoms with E-state index in [-0.39, 0.29) is 10.6 Å². The van der Waals surface area contributed by atoms with Crippen LogP contribution in [0.5, 0.6) is 23.0 Å². The van der Waals surface area contributed by atoms with Crippen LogP contribution in [-0.2, 0) is 9.84 Å². The van der Waals surface area contributed by atoms with Crippen LogP contribution in [-0.4, -0.2) is 46.8 Å². The van der Waals surface area contributed by atoms with Crippen LogP contribution in [0.15, 0.2) is 58.4 Å². The number of hydrogen-bond acceptors (Lipinski definition) is 7. The lowest BCUT2D eigenvalue weighted by atomic mass is 10.0. The fourth-order valence-corrected chi connectivity index (χ4v) is 4.28. The average Bonchev–Trinajstić information content (AvgIpc) is 3.06. The Hall–Kier alpha value is -3.52. The van der Waals surface area contributed by atoms with Gasteiger partial charge in [0.1, 0.15) is 0 Å². The van der Waals surface area contributed by atoms with Crippen LogP contribution in [0.2, 0.25) is 0 Å². The molecule has 0 bridgehead atoms. The zero-order valence-corrected chi connectivity index (χ0v) is 18.3. The van der Waals surface area contributed by atoms with Gasteiger partial charge in [0.25, 0.3) is 0 Å². The number of rotatable bonds is 5. The fraction of sp³-hybridized carbons (Fsp3) is 0.174. The van der Waals surface area contributed by atoms with E-state index < -0.39 is 9.84 Å². The van der Waals surface area contributed by atoms with Crippen LogP contribution >= 0.6 is 0 Å². The zero-order chi connectivity index (χ0) is 22.3. The van der Waals surface area contributed by atoms with Crippen molar-refractivity contribution in [1.82, 2.24) is 0 Å². The molecule has 3 aromatic carbocycles. The number of phenolic OH excluding ortho intramolecular Hbond substituents is 1. The van der Waals surface area contributed by atoms with Crippen LogP contribution in [0.1, 0.15) is 11.1 Å². The van der Waals surface area contributed by atoms with Crippen LogP contribution in [0, 0.1) is 0 Å². The van der Waals surface area contributed by atoms with Gasteiger partial charge in [0.05, 0.1) is 43.2 Å². The molecule has 1 N–H and O–H groups in total. The predicted octanol–water partition coefficient (Wildman–Crippen LogP) is 3.97. The first-order valence-electron chi connectivity index (χ1n) is 9.34. The summed E-state index contributed by atoms with van der Waals surface area (Å²) < 4.78 is 39.7. The van der Waals surface area contributed by atoms with Gasteiger partial charge in [0, 0.05) is 11.8 Å². The van der Waals surface area contributed by atoms with E-state index in [0.717, 1.165) is 22.9 Å². The van der Waals surface area contributed by atoms with E-state index in [2.05, 4.69) is 0 Å². The Morgan fingerprint density at radius 3 is 1.90 bits per heavy atom. The lowest BCUT2D eigenvalue weighted by Gasteiger charge is -2.10. The van der Waals surface area contributed by atoms with Gasteiger partial charge in [-0.1, -0.05) is 0 Å². The summed E-state index contributed by atoms with van der Waals surface area (Å²) in [5.41, 5.74) is 3.95. The molecule has 31 heavy (non-hydrogen) atoms. The van der Waals surface area contributed by atoms with Crippen molar-refractivity contribution in [2.24, 2.45) is 4.99 Å². The van der Waals surface area contributed by atoms with Gasteiger partial charge in [-0.25, -0.2) is 13.4 Å². The summed E-state index contributed by atoms with van der Waals surface area (Å²) in [5, 5.41) is 10.9. The molecular weight excluding hydrogens is 418 g/mol. The Labute approximate surface area is 180 Å². The van der Waals surface area contributed by atoms with Gasteiger partial charge in [-0.05, 0) is 59.7 Å². The van der Waals surface area contributed by atoms with Gasteiger partial charge < -0.3 is 19.3 Å². The number of nitrogens with zero attached hydrogens (tertiary/aromatic N) is 1. The van der Waals surface area contributed by atoms with Crippen LogP contribution < -0.4 is 14.2 Å². The molecule has 160 valence electrons. The molecule has 0 fully saturated rings. The summed E-state index contributed by atoms with van der Waals surface area (Å²) in [6.45, 7) is 0. The molecule has 7 nitrogen and oxygen atoms in total. The summed E-state index contributed by atoms with van der Waals surface area (Å²) in [4.78, 5) is 4.95. The van der Waals surface area contributed by atoms with Crippen molar-refractivity contribution < 1.29 is 27.7 Å². The van der Waals surface area contributed by atoms with Crippen molar-refractivity contribution >= 4 is 21.2 Å². The van der Waals surface area contributed by atoms with Crippen molar-refractivity contribution in [2.75, 3.05) is 27.6 Å². The number of hydrogen-bond donors (Lipinski definition) is 1. The van der Waals surface area contributed by atoms with Crippen molar-refractivity contribution in [3.05, 3.63) is 59.7 Å². The molecule has 0 aromatic heterocycles. The summed E-state index contributed by atoms with van der Waals surface area (Å²) in [6.07, 6.45) is 1.15. The topological polar surface area (TPSA) is 94.4 Å². The highest BCUT2D eigenvalue weighted by atomic mass is 32.2. The number of benzene rings is 3. The fourth-order valence-electron chi connectivity index (χ4n) is 3.65. The quantitative estimate of drug-likeness (QED) is 0.506. The van der Waals surface area contributed by atoms with Gasteiger partial charge in [0.15, 0.2) is 32.8 Å². The molecule has 0 atom stereocenters. The van der Waals surface area contributed by atoms with Gasteiger partial charge in [-0.15, -0.1) is 0 Å². The summed E-state index contributed by atoms with van der Waals surface area (Å²) >= 11 is 0. The molecular formula is C23H21NO6S. The zero-order valence-electron chi connectivity index (χ0n) is 17.5. The molecule has 0 saturated heterocycles. The van der Waals surface area contributed by atoms with E-state index in [0.29, 0.717) is 34.2 Å². The maximum absolute atomic E-state index is 11.8. The Balaban J connectivity index is 1.97. The molecule has 0 unspecified atom stereocenters. The molecule has 3 aromatic rings. The van der Waals surface area contributed by atoms with Crippen LogP contribution in [0.3, 0.4) is 0 Å². The lowest BCUT2D eigenvalue weighted by molar-refractivity contribution is 0.355. The van der Waals surface area contributed by atoms with Crippen LogP contribution in [0.4, 0.5) is 5.69 Å². The van der Waals surface area contributed by atoms with Gasteiger partial charge in [-0.3, -0.25) is 0 Å². The number of fused-ring (bicyclic) bond motifs is 3. The SMILES string of the molecule is COc1cc2c(cc1OC)-c1ccc(OC)c(O)c1C2=Nc1ccc(S(C)(=O)=O)cc1. The third-order valence-electron chi connectivity index (χ3n) is 5.17. The Bertz CT molecular complexity index is 1310. The normalized spacial score (nSPS) is 13.6. The Morgan fingerprint density at radius 1 is 0.774 bits per heavy atom. The van der Waals surface area contributed by atoms with E-state index in [1.54, 1.807) is 32.4 Å². The molecule has 0 amide bonds. The number of methoxy groups -OCH3 is 3. The van der Waals surface area contributed by atoms with Crippen molar-refractivity contribution in [2.45, 2.75) is 4.90 Å². The highest BCUT2D eigenvalue weighted by molar-refractivity contribution is 7.90. The standard InChI is InChI=1S/C23H21NO6S/c1-28-18-10-9-15-16-11-19(29-2)20(30-3)12-17(16)22(21(15)23(18)25)24-13-5-7-14(8-6-13)31(4,26)27/h5-12,25H,1-4H3. The second-order valence-corrected chi connectivity index (χ2v) is 9.03. The maximum Gasteiger partial charge on any atom is 0.175 e. The second kappa shape index (κ2) is 7.63. The average molecular weight is 439 g/mol. The lowest BCUT2D eigenvalue weighted by Crippen LogP contribution is -2.01. The third-order valence-corrected chi connectivity index (χ3v) is 6.30. The van der Waals surface area contributed by atoms with E-state index in [1.165, 1.54) is 19.2 Å². The highest BCUT2D eigenvalue weighted by Crippen LogP contribution is 2.48. The van der Waals surface area contributed by atoms with Crippen molar-refractivity contribution in [3.8, 4) is 34.1 Å². The molecule has 8 heteroatoms. The van der Waals surface area contributed by atoms with Crippen LogP contribution in [0.25, 0.3) is 11.1 Å². The van der Waals surface area contributed by atoms with Crippen molar-refractivity contribution in [3.63, 3.8) is 0 Å². The van der Waals surface area contributed by atoms with Crippen molar-refractivity contribution in [1.29, 1.82) is 0 Å². The Kier molecular flexibility index (Phi) is 5.10. The van der Waals surface area contributed by atoms with Gasteiger partial charge >= 0.3 is 0 Å². The minimum absolute atomic E-state index is 0.0272. The molecule has 0 saturated carbocycles. The van der Waals surface area contributed by atoms with Gasteiger partial charge in [0.2, 0.25) is 0 Å². The highest BCUT2D eigenvalue weighted by Gasteiger charge is 2.31. The summed E-state index contributed by atoms with van der Waals surface area (Å²) in [6, 6.07) is 13.5. The third kappa shape index (κ3) is 3.48. The molecule has 4 rings (SSSR count). The number of ether oxygens (including phenoxy) is 3. The molecule has 0 heterocycles. The monoisotopic (exact) mass is 439 g/mol. The molecule has 0 spiro atoms. The number of aromatic hydroxyl groups is 1. The minimum atomic E-state index is -3.31. The molecule has 0 aliphatic heterocycles. The first-order chi connectivity index (χ1) is 14.8. The first kappa shape index (κ1) is 20.7. The molecule has 0 radical (unpaired) electrons. The van der Waals surface area contributed by atoms with E-state index in [4.69, 9.17) is 19.2 Å². The number of sulfone groups is 1. The maximum atomic E-state index is 11.8.